The highest BCUT2D eigenvalue weighted by atomic mass is 16.5. The van der Waals surface area contributed by atoms with Crippen molar-refractivity contribution >= 4 is 23.2 Å². The van der Waals surface area contributed by atoms with Gasteiger partial charge >= 0.3 is 0 Å². The van der Waals surface area contributed by atoms with Crippen LogP contribution < -0.4 is 10.2 Å². The van der Waals surface area contributed by atoms with Crippen molar-refractivity contribution < 1.29 is 14.6 Å². The van der Waals surface area contributed by atoms with Gasteiger partial charge in [0.2, 0.25) is 0 Å². The Morgan fingerprint density at radius 2 is 1.97 bits per heavy atom. The molecule has 1 heterocycles. The third-order valence-electron chi connectivity index (χ3n) is 4.36. The van der Waals surface area contributed by atoms with Crippen molar-refractivity contribution in [1.29, 1.82) is 0 Å². The van der Waals surface area contributed by atoms with E-state index in [2.05, 4.69) is 20.5 Å². The topological polar surface area (TPSA) is 99.6 Å². The molecule has 29 heavy (non-hydrogen) atoms. The fraction of sp³-hybridized carbons (Fsp3) is 0.0455. The highest BCUT2D eigenvalue weighted by Crippen LogP contribution is 2.23. The summed E-state index contributed by atoms with van der Waals surface area (Å²) in [5, 5.41) is 13.4. The van der Waals surface area contributed by atoms with Gasteiger partial charge < -0.3 is 14.8 Å². The van der Waals surface area contributed by atoms with E-state index in [1.54, 1.807) is 49.6 Å². The van der Waals surface area contributed by atoms with Crippen molar-refractivity contribution in [2.24, 2.45) is 5.10 Å². The van der Waals surface area contributed by atoms with Gasteiger partial charge in [0.25, 0.3) is 5.91 Å². The largest absolute Gasteiger partial charge is 0.508 e. The standard InChI is InChI=1S/C22H18N4O3/c1-29-18-8-5-15(6-9-18)21-24-19-10-7-16(12-20(19)25-21)22(28)26-23-13-14-3-2-4-17(27)11-14/h2-13,27H,1H3,(H,24,25)(H,26,28)/b23-13+. The molecule has 7 nitrogen and oxygen atoms in total. The number of carbonyl (C=O) groups excluding carboxylic acids is 1. The lowest BCUT2D eigenvalue weighted by Gasteiger charge is -2.00. The number of H-pyrrole nitrogens is 1. The summed E-state index contributed by atoms with van der Waals surface area (Å²) in [6, 6.07) is 19.4. The molecule has 0 aliphatic rings. The number of aromatic hydroxyl groups is 1. The molecule has 0 saturated carbocycles. The Morgan fingerprint density at radius 1 is 1.14 bits per heavy atom. The molecule has 0 bridgehead atoms. The molecule has 4 aromatic rings. The smallest absolute Gasteiger partial charge is 0.271 e. The fourth-order valence-electron chi connectivity index (χ4n) is 2.87. The van der Waals surface area contributed by atoms with Crippen LogP contribution in [0.1, 0.15) is 15.9 Å². The normalized spacial score (nSPS) is 11.1. The number of fused-ring (bicyclic) bond motifs is 1. The summed E-state index contributed by atoms with van der Waals surface area (Å²) in [6.07, 6.45) is 1.47. The minimum absolute atomic E-state index is 0.137. The van der Waals surface area contributed by atoms with Gasteiger partial charge in [0.15, 0.2) is 0 Å². The van der Waals surface area contributed by atoms with Crippen molar-refractivity contribution in [3.63, 3.8) is 0 Å². The first-order valence-electron chi connectivity index (χ1n) is 8.89. The monoisotopic (exact) mass is 386 g/mol. The molecule has 0 radical (unpaired) electrons. The summed E-state index contributed by atoms with van der Waals surface area (Å²) in [4.78, 5) is 20.2. The molecule has 3 N–H and O–H groups in total. The molecule has 0 spiro atoms. The SMILES string of the molecule is COc1ccc(-c2nc3ccc(C(=O)N/N=C/c4cccc(O)c4)cc3[nH]2)cc1. The Balaban J connectivity index is 1.51. The number of ether oxygens (including phenoxy) is 1. The van der Waals surface area contributed by atoms with Gasteiger partial charge in [-0.3, -0.25) is 4.79 Å². The van der Waals surface area contributed by atoms with Gasteiger partial charge in [-0.05, 0) is 60.2 Å². The van der Waals surface area contributed by atoms with Crippen molar-refractivity contribution in [3.05, 3.63) is 77.9 Å². The summed E-state index contributed by atoms with van der Waals surface area (Å²) < 4.78 is 5.17. The van der Waals surface area contributed by atoms with Gasteiger partial charge in [0.1, 0.15) is 17.3 Å². The zero-order chi connectivity index (χ0) is 20.2. The number of imidazole rings is 1. The Hall–Kier alpha value is -4.13. The fourth-order valence-corrected chi connectivity index (χ4v) is 2.87. The average Bonchev–Trinajstić information content (AvgIpc) is 3.17. The molecule has 7 heteroatoms. The van der Waals surface area contributed by atoms with Crippen molar-refractivity contribution in [3.8, 4) is 22.9 Å². The molecule has 1 amide bonds. The molecule has 0 aliphatic heterocycles. The number of methoxy groups -OCH3 is 1. The number of hydrogen-bond donors (Lipinski definition) is 3. The number of hydrazone groups is 1. The summed E-state index contributed by atoms with van der Waals surface area (Å²) in [6.45, 7) is 0. The van der Waals surface area contributed by atoms with Crippen LogP contribution in [0.5, 0.6) is 11.5 Å². The lowest BCUT2D eigenvalue weighted by molar-refractivity contribution is 0.0955. The Morgan fingerprint density at radius 3 is 2.72 bits per heavy atom. The van der Waals surface area contributed by atoms with Crippen LogP contribution in [0.3, 0.4) is 0 Å². The Bertz CT molecular complexity index is 1200. The number of nitrogens with one attached hydrogen (secondary N) is 2. The first-order chi connectivity index (χ1) is 14.1. The Labute approximate surface area is 166 Å². The van der Waals surface area contributed by atoms with E-state index in [9.17, 15) is 9.90 Å². The molecule has 0 saturated heterocycles. The molecule has 0 unspecified atom stereocenters. The van der Waals surface area contributed by atoms with Crippen LogP contribution in [0.25, 0.3) is 22.4 Å². The predicted octanol–water partition coefficient (Wildman–Crippen LogP) is 3.71. The highest BCUT2D eigenvalue weighted by molar-refractivity contribution is 5.98. The van der Waals surface area contributed by atoms with Crippen LogP contribution in [0.15, 0.2) is 71.8 Å². The number of rotatable bonds is 5. The average molecular weight is 386 g/mol. The maximum Gasteiger partial charge on any atom is 0.271 e. The van der Waals surface area contributed by atoms with E-state index in [4.69, 9.17) is 4.74 Å². The zero-order valence-corrected chi connectivity index (χ0v) is 15.6. The quantitative estimate of drug-likeness (QED) is 0.360. The van der Waals surface area contributed by atoms with Gasteiger partial charge in [-0.25, -0.2) is 10.4 Å². The number of amides is 1. The van der Waals surface area contributed by atoms with E-state index in [-0.39, 0.29) is 11.7 Å². The lowest BCUT2D eigenvalue weighted by Crippen LogP contribution is -2.17. The summed E-state index contributed by atoms with van der Waals surface area (Å²) in [5.74, 6) is 1.28. The van der Waals surface area contributed by atoms with Crippen LogP contribution in [0.4, 0.5) is 0 Å². The van der Waals surface area contributed by atoms with Crippen molar-refractivity contribution in [1.82, 2.24) is 15.4 Å². The number of nitrogens with zero attached hydrogens (tertiary/aromatic N) is 2. The predicted molar refractivity (Wildman–Crippen MR) is 111 cm³/mol. The second-order valence-electron chi connectivity index (χ2n) is 6.34. The highest BCUT2D eigenvalue weighted by Gasteiger charge is 2.10. The lowest BCUT2D eigenvalue weighted by atomic mass is 10.2. The third-order valence-corrected chi connectivity index (χ3v) is 4.36. The minimum atomic E-state index is -0.344. The molecule has 1 aromatic heterocycles. The summed E-state index contributed by atoms with van der Waals surface area (Å²) >= 11 is 0. The minimum Gasteiger partial charge on any atom is -0.508 e. The van der Waals surface area contributed by atoms with Gasteiger partial charge in [-0.1, -0.05) is 12.1 Å². The van der Waals surface area contributed by atoms with Crippen molar-refractivity contribution in [2.75, 3.05) is 7.11 Å². The van der Waals surface area contributed by atoms with Crippen LogP contribution in [-0.2, 0) is 0 Å². The van der Waals surface area contributed by atoms with Crippen LogP contribution >= 0.6 is 0 Å². The van der Waals surface area contributed by atoms with E-state index in [0.29, 0.717) is 17.0 Å². The maximum absolute atomic E-state index is 12.4. The van der Waals surface area contributed by atoms with E-state index < -0.39 is 0 Å². The number of phenolic OH excluding ortho intramolecular Hbond substituents is 1. The van der Waals surface area contributed by atoms with Gasteiger partial charge in [-0.2, -0.15) is 5.10 Å². The molecular formula is C22H18N4O3. The molecule has 4 rings (SSSR count). The van der Waals surface area contributed by atoms with Crippen molar-refractivity contribution in [2.45, 2.75) is 0 Å². The van der Waals surface area contributed by atoms with Crippen LogP contribution in [-0.4, -0.2) is 34.3 Å². The molecule has 144 valence electrons. The van der Waals surface area contributed by atoms with E-state index in [0.717, 1.165) is 22.3 Å². The van der Waals surface area contributed by atoms with Gasteiger partial charge in [-0.15, -0.1) is 0 Å². The van der Waals surface area contributed by atoms with Crippen LogP contribution in [0.2, 0.25) is 0 Å². The molecule has 0 fully saturated rings. The number of hydrogen-bond acceptors (Lipinski definition) is 5. The second kappa shape index (κ2) is 7.85. The maximum atomic E-state index is 12.4. The second-order valence-corrected chi connectivity index (χ2v) is 6.34. The summed E-state index contributed by atoms with van der Waals surface area (Å²) in [5.41, 5.74) is 6.05. The number of aromatic nitrogens is 2. The summed E-state index contributed by atoms with van der Waals surface area (Å²) in [7, 11) is 1.62. The first-order valence-corrected chi connectivity index (χ1v) is 8.89. The van der Waals surface area contributed by atoms with Gasteiger partial charge in [0.05, 0.1) is 24.4 Å². The first kappa shape index (κ1) is 18.2. The van der Waals surface area contributed by atoms with Gasteiger partial charge in [0, 0.05) is 11.1 Å². The number of carbonyl (C=O) groups is 1. The zero-order valence-electron chi connectivity index (χ0n) is 15.6. The number of aromatic amines is 1. The molecule has 3 aromatic carbocycles. The third kappa shape index (κ3) is 4.08. The number of phenols is 1. The molecule has 0 atom stereocenters. The van der Waals surface area contributed by atoms with E-state index in [1.165, 1.54) is 6.21 Å². The number of benzene rings is 3. The Kier molecular flexibility index (Phi) is 4.94. The molecule has 0 aliphatic carbocycles. The van der Waals surface area contributed by atoms with E-state index in [1.807, 2.05) is 24.3 Å². The molecular weight excluding hydrogens is 368 g/mol. The van der Waals surface area contributed by atoms with E-state index >= 15 is 0 Å². The van der Waals surface area contributed by atoms with Crippen LogP contribution in [0, 0.1) is 0 Å².